The third-order valence-electron chi connectivity index (χ3n) is 4.67. The highest BCUT2D eigenvalue weighted by Gasteiger charge is 2.31. The molecule has 1 N–H and O–H groups in total. The molecule has 1 aliphatic rings. The summed E-state index contributed by atoms with van der Waals surface area (Å²) in [5.41, 5.74) is 2.30. The summed E-state index contributed by atoms with van der Waals surface area (Å²) in [4.78, 5) is 17.8. The van der Waals surface area contributed by atoms with Gasteiger partial charge in [-0.2, -0.15) is 5.10 Å². The fourth-order valence-corrected chi connectivity index (χ4v) is 3.67. The van der Waals surface area contributed by atoms with Crippen LogP contribution in [0.15, 0.2) is 53.7 Å². The molecule has 154 valence electrons. The van der Waals surface area contributed by atoms with Crippen molar-refractivity contribution in [1.29, 1.82) is 0 Å². The van der Waals surface area contributed by atoms with E-state index in [4.69, 9.17) is 28.0 Å². The molecule has 0 saturated heterocycles. The zero-order chi connectivity index (χ0) is 21.3. The summed E-state index contributed by atoms with van der Waals surface area (Å²) in [6.45, 7) is 2.40. The first kappa shape index (κ1) is 20.4. The molecule has 0 fully saturated rings. The van der Waals surface area contributed by atoms with Gasteiger partial charge < -0.3 is 10.2 Å². The number of benzene rings is 2. The molecule has 1 unspecified atom stereocenters. The van der Waals surface area contributed by atoms with Gasteiger partial charge in [-0.05, 0) is 36.8 Å². The molecule has 1 aliphatic heterocycles. The minimum Gasteiger partial charge on any atom is -0.382 e. The maximum Gasteiger partial charge on any atom is 0.269 e. The Labute approximate surface area is 182 Å². The molecule has 0 saturated carbocycles. The van der Waals surface area contributed by atoms with Gasteiger partial charge in [0.25, 0.3) is 5.91 Å². The minimum absolute atomic E-state index is 0.106. The zero-order valence-electron chi connectivity index (χ0n) is 15.9. The van der Waals surface area contributed by atoms with E-state index in [2.05, 4.69) is 15.6 Å². The van der Waals surface area contributed by atoms with E-state index in [0.717, 1.165) is 11.3 Å². The van der Waals surface area contributed by atoms with Crippen LogP contribution in [0.25, 0.3) is 0 Å². The Hall–Kier alpha value is -2.90. The SMILES string of the molecule is Cc1cc(NC(=O)C2CC(c3c(F)cccc3Cl)=NO2)nn1Cc1cccc(Cl)c1. The molecule has 30 heavy (non-hydrogen) atoms. The van der Waals surface area contributed by atoms with Crippen LogP contribution in [0.3, 0.4) is 0 Å². The number of oxime groups is 1. The first-order valence-corrected chi connectivity index (χ1v) is 9.93. The standard InChI is InChI=1S/C21H17Cl2FN4O2/c1-12-8-19(26-28(12)11-13-4-2-5-14(22)9-13)25-21(29)18-10-17(27-30-18)20-15(23)6-3-7-16(20)24/h2-9,18H,10-11H2,1H3,(H,25,26,29). The normalized spacial score (nSPS) is 15.6. The lowest BCUT2D eigenvalue weighted by molar-refractivity contribution is -0.125. The lowest BCUT2D eigenvalue weighted by atomic mass is 10.0. The molecule has 6 nitrogen and oxygen atoms in total. The van der Waals surface area contributed by atoms with Gasteiger partial charge in [0.05, 0.1) is 22.8 Å². The average Bonchev–Trinajstić information content (AvgIpc) is 3.29. The van der Waals surface area contributed by atoms with Crippen LogP contribution in [0.2, 0.25) is 10.0 Å². The molecule has 1 amide bonds. The smallest absolute Gasteiger partial charge is 0.269 e. The molecule has 1 aromatic heterocycles. The second-order valence-corrected chi connectivity index (χ2v) is 7.72. The third kappa shape index (κ3) is 4.32. The van der Waals surface area contributed by atoms with Gasteiger partial charge >= 0.3 is 0 Å². The molecule has 2 heterocycles. The summed E-state index contributed by atoms with van der Waals surface area (Å²) in [5.74, 6) is -0.546. The van der Waals surface area contributed by atoms with Crippen LogP contribution in [-0.4, -0.2) is 27.5 Å². The lowest BCUT2D eigenvalue weighted by Crippen LogP contribution is -2.28. The maximum absolute atomic E-state index is 14.1. The summed E-state index contributed by atoms with van der Waals surface area (Å²) < 4.78 is 15.8. The van der Waals surface area contributed by atoms with E-state index in [0.29, 0.717) is 23.1 Å². The molecule has 0 radical (unpaired) electrons. The van der Waals surface area contributed by atoms with E-state index < -0.39 is 17.8 Å². The predicted octanol–water partition coefficient (Wildman–Crippen LogP) is 4.82. The van der Waals surface area contributed by atoms with Gasteiger partial charge in [-0.1, -0.05) is 46.6 Å². The van der Waals surface area contributed by atoms with Gasteiger partial charge in [0.15, 0.2) is 5.82 Å². The van der Waals surface area contributed by atoms with E-state index in [1.807, 2.05) is 25.1 Å². The average molecular weight is 447 g/mol. The molecular weight excluding hydrogens is 430 g/mol. The Morgan fingerprint density at radius 1 is 1.27 bits per heavy atom. The number of halogens is 3. The number of nitrogens with zero attached hydrogens (tertiary/aromatic N) is 3. The Morgan fingerprint density at radius 3 is 2.83 bits per heavy atom. The number of carbonyl (C=O) groups excluding carboxylic acids is 1. The van der Waals surface area contributed by atoms with Crippen molar-refractivity contribution in [3.8, 4) is 0 Å². The van der Waals surface area contributed by atoms with E-state index in [1.165, 1.54) is 12.1 Å². The summed E-state index contributed by atoms with van der Waals surface area (Å²) in [5, 5.41) is 11.9. The van der Waals surface area contributed by atoms with Gasteiger partial charge in [-0.3, -0.25) is 9.48 Å². The van der Waals surface area contributed by atoms with Gasteiger partial charge in [0, 0.05) is 23.2 Å². The van der Waals surface area contributed by atoms with Crippen LogP contribution in [-0.2, 0) is 16.2 Å². The molecule has 9 heteroatoms. The van der Waals surface area contributed by atoms with Crippen molar-refractivity contribution in [3.63, 3.8) is 0 Å². The number of rotatable bonds is 5. The van der Waals surface area contributed by atoms with E-state index in [1.54, 1.807) is 22.9 Å². The fraction of sp³-hybridized carbons (Fsp3) is 0.190. The highest BCUT2D eigenvalue weighted by atomic mass is 35.5. The summed E-state index contributed by atoms with van der Waals surface area (Å²) in [7, 11) is 0. The summed E-state index contributed by atoms with van der Waals surface area (Å²) in [6.07, 6.45) is -0.789. The molecule has 0 bridgehead atoms. The van der Waals surface area contributed by atoms with Crippen LogP contribution >= 0.6 is 23.2 Å². The van der Waals surface area contributed by atoms with Crippen LogP contribution in [0.1, 0.15) is 23.2 Å². The van der Waals surface area contributed by atoms with E-state index >= 15 is 0 Å². The van der Waals surface area contributed by atoms with Crippen molar-refractivity contribution in [2.24, 2.45) is 5.16 Å². The molecular formula is C21H17Cl2FN4O2. The number of aromatic nitrogens is 2. The summed E-state index contributed by atoms with van der Waals surface area (Å²) in [6, 6.07) is 13.6. The van der Waals surface area contributed by atoms with Crippen molar-refractivity contribution in [3.05, 3.63) is 81.2 Å². The number of nitrogens with one attached hydrogen (secondary N) is 1. The van der Waals surface area contributed by atoms with Gasteiger partial charge in [0.2, 0.25) is 6.10 Å². The second kappa shape index (κ2) is 8.45. The predicted molar refractivity (Wildman–Crippen MR) is 114 cm³/mol. The molecule has 0 spiro atoms. The highest BCUT2D eigenvalue weighted by molar-refractivity contribution is 6.34. The third-order valence-corrected chi connectivity index (χ3v) is 5.22. The Bertz CT molecular complexity index is 1130. The van der Waals surface area contributed by atoms with Crippen molar-refractivity contribution < 1.29 is 14.0 Å². The lowest BCUT2D eigenvalue weighted by Gasteiger charge is -2.08. The number of carbonyl (C=O) groups is 1. The monoisotopic (exact) mass is 446 g/mol. The zero-order valence-corrected chi connectivity index (χ0v) is 17.4. The second-order valence-electron chi connectivity index (χ2n) is 6.88. The molecule has 3 aromatic rings. The molecule has 4 rings (SSSR count). The minimum atomic E-state index is -0.894. The summed E-state index contributed by atoms with van der Waals surface area (Å²) >= 11 is 12.1. The quantitative estimate of drug-likeness (QED) is 0.610. The number of amides is 1. The first-order chi connectivity index (χ1) is 14.4. The van der Waals surface area contributed by atoms with Crippen LogP contribution in [0, 0.1) is 12.7 Å². The molecule has 2 aromatic carbocycles. The number of hydrogen-bond donors (Lipinski definition) is 1. The van der Waals surface area contributed by atoms with Crippen molar-refractivity contribution >= 4 is 40.6 Å². The van der Waals surface area contributed by atoms with Crippen molar-refractivity contribution in [2.45, 2.75) is 26.0 Å². The Morgan fingerprint density at radius 2 is 2.07 bits per heavy atom. The van der Waals surface area contributed by atoms with Crippen molar-refractivity contribution in [1.82, 2.24) is 9.78 Å². The Kier molecular flexibility index (Phi) is 5.74. The number of aryl methyl sites for hydroxylation is 1. The number of hydrogen-bond acceptors (Lipinski definition) is 4. The maximum atomic E-state index is 14.1. The topological polar surface area (TPSA) is 68.5 Å². The van der Waals surface area contributed by atoms with Gasteiger partial charge in [-0.15, -0.1) is 0 Å². The fourth-order valence-electron chi connectivity index (χ4n) is 3.19. The van der Waals surface area contributed by atoms with Crippen molar-refractivity contribution in [2.75, 3.05) is 5.32 Å². The van der Waals surface area contributed by atoms with Crippen LogP contribution in [0.4, 0.5) is 10.2 Å². The van der Waals surface area contributed by atoms with Crippen LogP contribution in [0.5, 0.6) is 0 Å². The largest absolute Gasteiger partial charge is 0.382 e. The van der Waals surface area contributed by atoms with E-state index in [-0.39, 0.29) is 17.0 Å². The molecule has 1 atom stereocenters. The van der Waals surface area contributed by atoms with E-state index in [9.17, 15) is 9.18 Å². The first-order valence-electron chi connectivity index (χ1n) is 9.17. The number of anilines is 1. The van der Waals surface area contributed by atoms with Gasteiger partial charge in [0.1, 0.15) is 5.82 Å². The van der Waals surface area contributed by atoms with Crippen LogP contribution < -0.4 is 5.32 Å². The Balaban J connectivity index is 1.42. The van der Waals surface area contributed by atoms with Gasteiger partial charge in [-0.25, -0.2) is 4.39 Å². The highest BCUT2D eigenvalue weighted by Crippen LogP contribution is 2.26. The molecule has 0 aliphatic carbocycles.